The quantitative estimate of drug-likeness (QED) is 0.507. The van der Waals surface area contributed by atoms with Crippen molar-refractivity contribution in [3.05, 3.63) is 35.4 Å². The molecule has 0 amide bonds. The molecule has 0 bridgehead atoms. The van der Waals surface area contributed by atoms with Crippen molar-refractivity contribution >= 4 is 23.5 Å². The lowest BCUT2D eigenvalue weighted by molar-refractivity contribution is 0.412. The van der Waals surface area contributed by atoms with Crippen LogP contribution in [-0.4, -0.2) is 17.4 Å². The molecule has 0 atom stereocenters. The summed E-state index contributed by atoms with van der Waals surface area (Å²) in [5.41, 5.74) is 5.31. The molecule has 1 aromatic carbocycles. The fourth-order valence-corrected chi connectivity index (χ4v) is 2.69. The standard InChI is InChI=1S/C16H23N3S/c1-2-13-8-10-14(11-9-13)12-17-19-16(20)18-15-6-4-3-5-7-15/h8-12,15H,2-7H2,1H3,(H2,18,19,20)/b17-12+. The van der Waals surface area contributed by atoms with Crippen LogP contribution in [0.4, 0.5) is 0 Å². The van der Waals surface area contributed by atoms with Crippen LogP contribution in [0.2, 0.25) is 0 Å². The Morgan fingerprint density at radius 2 is 1.95 bits per heavy atom. The Kier molecular flexibility index (Phi) is 5.99. The summed E-state index contributed by atoms with van der Waals surface area (Å²) in [5, 5.41) is 8.14. The van der Waals surface area contributed by atoms with Gasteiger partial charge in [0.25, 0.3) is 0 Å². The molecule has 108 valence electrons. The fraction of sp³-hybridized carbons (Fsp3) is 0.500. The molecule has 0 heterocycles. The van der Waals surface area contributed by atoms with Crippen molar-refractivity contribution in [2.45, 2.75) is 51.5 Å². The molecule has 0 spiro atoms. The second-order valence-electron chi connectivity index (χ2n) is 5.27. The average molecular weight is 289 g/mol. The summed E-state index contributed by atoms with van der Waals surface area (Å²) < 4.78 is 0. The Balaban J connectivity index is 1.75. The van der Waals surface area contributed by atoms with Crippen molar-refractivity contribution in [3.8, 4) is 0 Å². The van der Waals surface area contributed by atoms with Crippen molar-refractivity contribution in [1.82, 2.24) is 10.7 Å². The lowest BCUT2D eigenvalue weighted by Crippen LogP contribution is -2.40. The monoisotopic (exact) mass is 289 g/mol. The van der Waals surface area contributed by atoms with Crippen LogP contribution in [0, 0.1) is 0 Å². The maximum atomic E-state index is 5.25. The molecule has 1 saturated carbocycles. The van der Waals surface area contributed by atoms with E-state index in [4.69, 9.17) is 12.2 Å². The topological polar surface area (TPSA) is 36.4 Å². The number of hydrogen-bond acceptors (Lipinski definition) is 2. The molecule has 1 fully saturated rings. The average Bonchev–Trinajstić information content (AvgIpc) is 2.49. The van der Waals surface area contributed by atoms with Crippen molar-refractivity contribution in [2.75, 3.05) is 0 Å². The molecule has 0 unspecified atom stereocenters. The lowest BCUT2D eigenvalue weighted by atomic mass is 9.96. The van der Waals surface area contributed by atoms with Gasteiger partial charge >= 0.3 is 0 Å². The molecule has 1 aliphatic rings. The molecule has 20 heavy (non-hydrogen) atoms. The predicted molar refractivity (Wildman–Crippen MR) is 89.2 cm³/mol. The van der Waals surface area contributed by atoms with E-state index < -0.39 is 0 Å². The zero-order chi connectivity index (χ0) is 14.2. The fourth-order valence-electron chi connectivity index (χ4n) is 2.47. The Hall–Kier alpha value is -1.42. The molecular weight excluding hydrogens is 266 g/mol. The van der Waals surface area contributed by atoms with Crippen LogP contribution < -0.4 is 10.7 Å². The van der Waals surface area contributed by atoms with Gasteiger partial charge in [0.15, 0.2) is 5.11 Å². The number of nitrogens with zero attached hydrogens (tertiary/aromatic N) is 1. The first-order chi connectivity index (χ1) is 9.78. The van der Waals surface area contributed by atoms with Gasteiger partial charge in [0.05, 0.1) is 6.21 Å². The Bertz CT molecular complexity index is 447. The van der Waals surface area contributed by atoms with Crippen LogP contribution in [0.3, 0.4) is 0 Å². The van der Waals surface area contributed by atoms with Crippen molar-refractivity contribution in [3.63, 3.8) is 0 Å². The highest BCUT2D eigenvalue weighted by Gasteiger charge is 2.13. The first kappa shape index (κ1) is 15.0. The normalized spacial score (nSPS) is 16.2. The third-order valence-electron chi connectivity index (χ3n) is 3.71. The van der Waals surface area contributed by atoms with Gasteiger partial charge in [-0.25, -0.2) is 0 Å². The van der Waals surface area contributed by atoms with Crippen molar-refractivity contribution in [2.24, 2.45) is 5.10 Å². The summed E-state index contributed by atoms with van der Waals surface area (Å²) in [6.07, 6.45) is 9.23. The van der Waals surface area contributed by atoms with Crippen LogP contribution in [0.15, 0.2) is 29.4 Å². The van der Waals surface area contributed by atoms with E-state index in [1.807, 2.05) is 0 Å². The highest BCUT2D eigenvalue weighted by molar-refractivity contribution is 7.80. The van der Waals surface area contributed by atoms with E-state index >= 15 is 0 Å². The van der Waals surface area contributed by atoms with E-state index in [1.165, 1.54) is 37.7 Å². The number of thiocarbonyl (C=S) groups is 1. The van der Waals surface area contributed by atoms with E-state index in [9.17, 15) is 0 Å². The molecule has 4 heteroatoms. The first-order valence-electron chi connectivity index (χ1n) is 7.46. The van der Waals surface area contributed by atoms with E-state index in [-0.39, 0.29) is 0 Å². The van der Waals surface area contributed by atoms with Gasteiger partial charge in [-0.15, -0.1) is 0 Å². The minimum absolute atomic E-state index is 0.516. The van der Waals surface area contributed by atoms with Gasteiger partial charge in [0.1, 0.15) is 0 Å². The first-order valence-corrected chi connectivity index (χ1v) is 7.87. The summed E-state index contributed by atoms with van der Waals surface area (Å²) in [4.78, 5) is 0. The predicted octanol–water partition coefficient (Wildman–Crippen LogP) is 3.38. The Morgan fingerprint density at radius 1 is 1.25 bits per heavy atom. The Labute approximate surface area is 126 Å². The lowest BCUT2D eigenvalue weighted by Gasteiger charge is -2.23. The van der Waals surface area contributed by atoms with E-state index in [2.05, 4.69) is 47.0 Å². The van der Waals surface area contributed by atoms with Crippen LogP contribution in [-0.2, 0) is 6.42 Å². The number of hydrogen-bond donors (Lipinski definition) is 2. The summed E-state index contributed by atoms with van der Waals surface area (Å²) in [6.45, 7) is 2.15. The maximum Gasteiger partial charge on any atom is 0.187 e. The van der Waals surface area contributed by atoms with Gasteiger partial charge in [0, 0.05) is 6.04 Å². The van der Waals surface area contributed by atoms with Crippen LogP contribution >= 0.6 is 12.2 Å². The molecular formula is C16H23N3S. The zero-order valence-corrected chi connectivity index (χ0v) is 12.9. The van der Waals surface area contributed by atoms with Crippen molar-refractivity contribution in [1.29, 1.82) is 0 Å². The molecule has 0 aliphatic heterocycles. The summed E-state index contributed by atoms with van der Waals surface area (Å²) in [7, 11) is 0. The third kappa shape index (κ3) is 4.93. The molecule has 0 aromatic heterocycles. The van der Waals surface area contributed by atoms with Crippen LogP contribution in [0.5, 0.6) is 0 Å². The van der Waals surface area contributed by atoms with Gasteiger partial charge < -0.3 is 5.32 Å². The van der Waals surface area contributed by atoms with Gasteiger partial charge in [-0.2, -0.15) is 5.10 Å². The van der Waals surface area contributed by atoms with E-state index in [0.29, 0.717) is 11.2 Å². The molecule has 3 nitrogen and oxygen atoms in total. The zero-order valence-electron chi connectivity index (χ0n) is 12.1. The molecule has 0 radical (unpaired) electrons. The second kappa shape index (κ2) is 8.00. The minimum Gasteiger partial charge on any atom is -0.359 e. The van der Waals surface area contributed by atoms with Gasteiger partial charge in [-0.05, 0) is 42.6 Å². The van der Waals surface area contributed by atoms with Gasteiger partial charge in [-0.3, -0.25) is 5.43 Å². The van der Waals surface area contributed by atoms with E-state index in [1.54, 1.807) is 6.21 Å². The number of nitrogens with one attached hydrogen (secondary N) is 2. The number of hydrazone groups is 1. The van der Waals surface area contributed by atoms with Gasteiger partial charge in [-0.1, -0.05) is 50.5 Å². The number of rotatable bonds is 4. The highest BCUT2D eigenvalue weighted by Crippen LogP contribution is 2.17. The SMILES string of the molecule is CCc1ccc(/C=N/NC(=S)NC2CCCCC2)cc1. The smallest absolute Gasteiger partial charge is 0.187 e. The largest absolute Gasteiger partial charge is 0.359 e. The third-order valence-corrected chi connectivity index (χ3v) is 3.92. The number of benzene rings is 1. The molecule has 2 rings (SSSR count). The minimum atomic E-state index is 0.516. The van der Waals surface area contributed by atoms with Gasteiger partial charge in [0.2, 0.25) is 0 Å². The molecule has 0 saturated heterocycles. The summed E-state index contributed by atoms with van der Waals surface area (Å²) in [5.74, 6) is 0. The molecule has 2 N–H and O–H groups in total. The maximum absolute atomic E-state index is 5.25. The molecule has 1 aromatic rings. The number of aryl methyl sites for hydroxylation is 1. The van der Waals surface area contributed by atoms with Crippen LogP contribution in [0.25, 0.3) is 0 Å². The second-order valence-corrected chi connectivity index (χ2v) is 5.68. The summed E-state index contributed by atoms with van der Waals surface area (Å²) >= 11 is 5.25. The van der Waals surface area contributed by atoms with Crippen molar-refractivity contribution < 1.29 is 0 Å². The summed E-state index contributed by atoms with van der Waals surface area (Å²) in [6, 6.07) is 8.91. The highest BCUT2D eigenvalue weighted by atomic mass is 32.1. The van der Waals surface area contributed by atoms with E-state index in [0.717, 1.165) is 12.0 Å². The Morgan fingerprint density at radius 3 is 2.60 bits per heavy atom. The van der Waals surface area contributed by atoms with Crippen LogP contribution in [0.1, 0.15) is 50.2 Å². The molecule has 1 aliphatic carbocycles.